The third kappa shape index (κ3) is 3.69. The highest BCUT2D eigenvalue weighted by Crippen LogP contribution is 2.36. The highest BCUT2D eigenvalue weighted by atomic mass is 16.5. The Balaban J connectivity index is 1.76. The minimum Gasteiger partial charge on any atom is -0.481 e. The second kappa shape index (κ2) is 6.37. The molecule has 1 saturated carbocycles. The Bertz CT molecular complexity index is 338. The van der Waals surface area contributed by atoms with E-state index in [2.05, 4.69) is 5.32 Å². The van der Waals surface area contributed by atoms with Gasteiger partial charge in [-0.1, -0.05) is 6.92 Å². The number of aliphatic carboxylic acids is 1. The van der Waals surface area contributed by atoms with Gasteiger partial charge in [-0.2, -0.15) is 0 Å². The molecular formula is C14H23NO4. The zero-order chi connectivity index (χ0) is 13.8. The number of carboxylic acid groups (broad SMARTS) is 1. The Morgan fingerprint density at radius 3 is 2.68 bits per heavy atom. The number of hydrogen-bond donors (Lipinski definition) is 2. The van der Waals surface area contributed by atoms with Gasteiger partial charge in [0.1, 0.15) is 0 Å². The molecule has 2 rings (SSSR count). The Kier molecular flexibility index (Phi) is 4.80. The molecule has 1 aliphatic carbocycles. The average Bonchev–Trinajstić information content (AvgIpc) is 2.98. The summed E-state index contributed by atoms with van der Waals surface area (Å²) in [4.78, 5) is 23.2. The Hall–Kier alpha value is -1.10. The fourth-order valence-corrected chi connectivity index (χ4v) is 3.20. The standard InChI is InChI=1S/C14H23NO4/c1-9-6-11(12(7-9)14(17)18)13(16)15-4-2-10-3-5-19-8-10/h9-12H,2-8H2,1H3,(H,15,16)(H,17,18)/t9?,10?,11-,12+/m0/s1. The normalized spacial score (nSPS) is 34.4. The maximum atomic E-state index is 12.1. The van der Waals surface area contributed by atoms with E-state index >= 15 is 0 Å². The molecule has 0 radical (unpaired) electrons. The summed E-state index contributed by atoms with van der Waals surface area (Å²) in [6.07, 6.45) is 3.29. The summed E-state index contributed by atoms with van der Waals surface area (Å²) >= 11 is 0. The van der Waals surface area contributed by atoms with Crippen molar-refractivity contribution in [1.29, 1.82) is 0 Å². The minimum absolute atomic E-state index is 0.0873. The van der Waals surface area contributed by atoms with Crippen molar-refractivity contribution < 1.29 is 19.4 Å². The lowest BCUT2D eigenvalue weighted by atomic mass is 9.95. The molecule has 1 heterocycles. The van der Waals surface area contributed by atoms with Crippen LogP contribution in [0.2, 0.25) is 0 Å². The fourth-order valence-electron chi connectivity index (χ4n) is 3.20. The number of amides is 1. The van der Waals surface area contributed by atoms with Crippen LogP contribution in [0.1, 0.15) is 32.6 Å². The molecule has 5 nitrogen and oxygen atoms in total. The van der Waals surface area contributed by atoms with Crippen LogP contribution in [0.25, 0.3) is 0 Å². The predicted octanol–water partition coefficient (Wildman–Crippen LogP) is 1.28. The Morgan fingerprint density at radius 2 is 2.05 bits per heavy atom. The number of nitrogens with one attached hydrogen (secondary N) is 1. The molecule has 0 aromatic rings. The van der Waals surface area contributed by atoms with Crippen LogP contribution in [-0.2, 0) is 14.3 Å². The average molecular weight is 269 g/mol. The number of ether oxygens (including phenoxy) is 1. The second-order valence-corrected chi connectivity index (χ2v) is 5.94. The first-order chi connectivity index (χ1) is 9.08. The van der Waals surface area contributed by atoms with Gasteiger partial charge >= 0.3 is 5.97 Å². The van der Waals surface area contributed by atoms with Gasteiger partial charge in [-0.15, -0.1) is 0 Å². The maximum absolute atomic E-state index is 12.1. The first-order valence-corrected chi connectivity index (χ1v) is 7.16. The summed E-state index contributed by atoms with van der Waals surface area (Å²) in [5, 5.41) is 12.1. The smallest absolute Gasteiger partial charge is 0.307 e. The molecule has 2 fully saturated rings. The van der Waals surface area contributed by atoms with E-state index < -0.39 is 11.9 Å². The Morgan fingerprint density at radius 1 is 1.32 bits per heavy atom. The molecule has 2 unspecified atom stereocenters. The van der Waals surface area contributed by atoms with E-state index in [-0.39, 0.29) is 11.8 Å². The molecule has 1 aliphatic heterocycles. The highest BCUT2D eigenvalue weighted by molar-refractivity contribution is 5.85. The van der Waals surface area contributed by atoms with Crippen molar-refractivity contribution >= 4 is 11.9 Å². The molecule has 2 N–H and O–H groups in total. The summed E-state index contributed by atoms with van der Waals surface area (Å²) < 4.78 is 5.29. The molecule has 0 spiro atoms. The van der Waals surface area contributed by atoms with Gasteiger partial charge in [0.05, 0.1) is 11.8 Å². The van der Waals surface area contributed by atoms with E-state index in [4.69, 9.17) is 9.84 Å². The molecule has 0 aromatic heterocycles. The van der Waals surface area contributed by atoms with Crippen LogP contribution in [0.15, 0.2) is 0 Å². The third-order valence-electron chi connectivity index (χ3n) is 4.33. The lowest BCUT2D eigenvalue weighted by Crippen LogP contribution is -2.36. The van der Waals surface area contributed by atoms with E-state index in [1.54, 1.807) is 0 Å². The molecule has 5 heteroatoms. The first kappa shape index (κ1) is 14.3. The molecule has 0 aromatic carbocycles. The topological polar surface area (TPSA) is 75.6 Å². The van der Waals surface area contributed by atoms with Crippen LogP contribution in [0, 0.1) is 23.7 Å². The van der Waals surface area contributed by atoms with E-state index in [9.17, 15) is 9.59 Å². The third-order valence-corrected chi connectivity index (χ3v) is 4.33. The van der Waals surface area contributed by atoms with Crippen LogP contribution < -0.4 is 5.32 Å². The van der Waals surface area contributed by atoms with Crippen LogP contribution in [0.3, 0.4) is 0 Å². The molecule has 19 heavy (non-hydrogen) atoms. The molecule has 0 bridgehead atoms. The lowest BCUT2D eigenvalue weighted by molar-refractivity contribution is -0.146. The SMILES string of the molecule is CC1C[C@H](C(=O)NCCC2CCOC2)[C@H](C(=O)O)C1. The van der Waals surface area contributed by atoms with Gasteiger partial charge in [-0.05, 0) is 37.5 Å². The van der Waals surface area contributed by atoms with E-state index in [1.165, 1.54) is 0 Å². The second-order valence-electron chi connectivity index (χ2n) is 5.94. The molecule has 108 valence electrons. The molecular weight excluding hydrogens is 246 g/mol. The van der Waals surface area contributed by atoms with E-state index in [0.29, 0.717) is 31.2 Å². The maximum Gasteiger partial charge on any atom is 0.307 e. The summed E-state index contributed by atoms with van der Waals surface area (Å²) in [6, 6.07) is 0. The summed E-state index contributed by atoms with van der Waals surface area (Å²) in [7, 11) is 0. The van der Waals surface area contributed by atoms with Crippen molar-refractivity contribution in [2.75, 3.05) is 19.8 Å². The first-order valence-electron chi connectivity index (χ1n) is 7.16. The van der Waals surface area contributed by atoms with Crippen LogP contribution in [0.5, 0.6) is 0 Å². The summed E-state index contributed by atoms with van der Waals surface area (Å²) in [5.74, 6) is -0.931. The monoisotopic (exact) mass is 269 g/mol. The zero-order valence-corrected chi connectivity index (χ0v) is 11.4. The van der Waals surface area contributed by atoms with Crippen molar-refractivity contribution in [2.24, 2.45) is 23.7 Å². The summed E-state index contributed by atoms with van der Waals surface area (Å²) in [6.45, 7) is 4.25. The van der Waals surface area contributed by atoms with Gasteiger partial charge in [0.25, 0.3) is 0 Å². The summed E-state index contributed by atoms with van der Waals surface area (Å²) in [5.41, 5.74) is 0. The van der Waals surface area contributed by atoms with Gasteiger partial charge in [0.15, 0.2) is 0 Å². The van der Waals surface area contributed by atoms with Gasteiger partial charge in [0.2, 0.25) is 5.91 Å². The van der Waals surface area contributed by atoms with Crippen LogP contribution in [0.4, 0.5) is 0 Å². The number of hydrogen-bond acceptors (Lipinski definition) is 3. The number of carbonyl (C=O) groups is 2. The quantitative estimate of drug-likeness (QED) is 0.788. The van der Waals surface area contributed by atoms with Crippen molar-refractivity contribution in [3.05, 3.63) is 0 Å². The van der Waals surface area contributed by atoms with Crippen LogP contribution in [-0.4, -0.2) is 36.7 Å². The van der Waals surface area contributed by atoms with Gasteiger partial charge in [-0.3, -0.25) is 9.59 Å². The Labute approximate surface area is 113 Å². The fraction of sp³-hybridized carbons (Fsp3) is 0.857. The number of carbonyl (C=O) groups excluding carboxylic acids is 1. The molecule has 2 aliphatic rings. The van der Waals surface area contributed by atoms with Gasteiger partial charge in [0, 0.05) is 19.8 Å². The molecule has 1 saturated heterocycles. The highest BCUT2D eigenvalue weighted by Gasteiger charge is 2.41. The van der Waals surface area contributed by atoms with Crippen molar-refractivity contribution in [3.63, 3.8) is 0 Å². The van der Waals surface area contributed by atoms with Gasteiger partial charge in [-0.25, -0.2) is 0 Å². The lowest BCUT2D eigenvalue weighted by Gasteiger charge is -2.16. The minimum atomic E-state index is -0.839. The van der Waals surface area contributed by atoms with Gasteiger partial charge < -0.3 is 15.2 Å². The largest absolute Gasteiger partial charge is 0.481 e. The number of carboxylic acids is 1. The number of rotatable bonds is 5. The van der Waals surface area contributed by atoms with Crippen LogP contribution >= 0.6 is 0 Å². The molecule has 4 atom stereocenters. The van der Waals surface area contributed by atoms with Crippen molar-refractivity contribution in [3.8, 4) is 0 Å². The van der Waals surface area contributed by atoms with Crippen molar-refractivity contribution in [2.45, 2.75) is 32.6 Å². The zero-order valence-electron chi connectivity index (χ0n) is 11.4. The predicted molar refractivity (Wildman–Crippen MR) is 69.6 cm³/mol. The van der Waals surface area contributed by atoms with E-state index in [0.717, 1.165) is 26.1 Å². The molecule has 1 amide bonds. The van der Waals surface area contributed by atoms with E-state index in [1.807, 2.05) is 6.92 Å². The van der Waals surface area contributed by atoms with Crippen molar-refractivity contribution in [1.82, 2.24) is 5.32 Å².